The van der Waals surface area contributed by atoms with Crippen molar-refractivity contribution < 1.29 is 22.3 Å². The molecule has 2 aromatic carbocycles. The number of halogens is 4. The van der Waals surface area contributed by atoms with E-state index in [0.29, 0.717) is 5.56 Å². The average Bonchev–Trinajstić information content (AvgIpc) is 2.70. The Morgan fingerprint density at radius 3 is 2.31 bits per heavy atom. The maximum Gasteiger partial charge on any atom is 0.267 e. The van der Waals surface area contributed by atoms with Crippen LogP contribution in [0, 0.1) is 17.6 Å². The molecule has 0 aromatic heterocycles. The van der Waals surface area contributed by atoms with Gasteiger partial charge in [0.05, 0.1) is 12.2 Å². The SMILES string of the molecule is CCCC1CCC(c2ccc(-c3ccc(OCC)c(F)c3C(F)F)cc2F)CC1. The van der Waals surface area contributed by atoms with Gasteiger partial charge in [-0.25, -0.2) is 17.6 Å². The molecule has 158 valence electrons. The van der Waals surface area contributed by atoms with Gasteiger partial charge in [-0.05, 0) is 79.3 Å². The second-order valence-electron chi connectivity index (χ2n) is 7.82. The minimum atomic E-state index is -3.03. The fourth-order valence-electron chi connectivity index (χ4n) is 4.50. The van der Waals surface area contributed by atoms with E-state index in [-0.39, 0.29) is 29.4 Å². The van der Waals surface area contributed by atoms with Crippen molar-refractivity contribution in [1.82, 2.24) is 0 Å². The van der Waals surface area contributed by atoms with Gasteiger partial charge in [0.25, 0.3) is 6.43 Å². The molecule has 0 radical (unpaired) electrons. The molecule has 1 fully saturated rings. The van der Waals surface area contributed by atoms with E-state index in [1.807, 2.05) is 0 Å². The third kappa shape index (κ3) is 4.76. The van der Waals surface area contributed by atoms with Crippen molar-refractivity contribution in [2.75, 3.05) is 6.61 Å². The molecular weight excluding hydrogens is 380 g/mol. The van der Waals surface area contributed by atoms with Gasteiger partial charge in [-0.1, -0.05) is 31.9 Å². The van der Waals surface area contributed by atoms with E-state index in [4.69, 9.17) is 4.74 Å². The van der Waals surface area contributed by atoms with Crippen molar-refractivity contribution in [1.29, 1.82) is 0 Å². The van der Waals surface area contributed by atoms with Crippen molar-refractivity contribution in [2.45, 2.75) is 64.7 Å². The van der Waals surface area contributed by atoms with Crippen LogP contribution in [-0.2, 0) is 0 Å². The summed E-state index contributed by atoms with van der Waals surface area (Å²) in [5, 5.41) is 0. The Labute approximate surface area is 170 Å². The van der Waals surface area contributed by atoms with Crippen molar-refractivity contribution in [2.24, 2.45) is 5.92 Å². The molecule has 0 bridgehead atoms. The van der Waals surface area contributed by atoms with Crippen LogP contribution in [0.3, 0.4) is 0 Å². The van der Waals surface area contributed by atoms with Gasteiger partial charge in [0.1, 0.15) is 5.82 Å². The molecule has 1 aliphatic rings. The van der Waals surface area contributed by atoms with Crippen molar-refractivity contribution in [3.63, 3.8) is 0 Å². The Morgan fingerprint density at radius 1 is 1.00 bits per heavy atom. The minimum Gasteiger partial charge on any atom is -0.491 e. The van der Waals surface area contributed by atoms with Gasteiger partial charge in [0, 0.05) is 0 Å². The molecule has 29 heavy (non-hydrogen) atoms. The number of benzene rings is 2. The highest BCUT2D eigenvalue weighted by atomic mass is 19.3. The summed E-state index contributed by atoms with van der Waals surface area (Å²) in [5.41, 5.74) is 0.137. The van der Waals surface area contributed by atoms with E-state index in [1.54, 1.807) is 19.1 Å². The lowest BCUT2D eigenvalue weighted by Gasteiger charge is -2.29. The molecule has 1 saturated carbocycles. The van der Waals surface area contributed by atoms with Gasteiger partial charge in [0.15, 0.2) is 11.6 Å². The number of hydrogen-bond acceptors (Lipinski definition) is 1. The summed E-state index contributed by atoms with van der Waals surface area (Å²) in [4.78, 5) is 0. The monoisotopic (exact) mass is 408 g/mol. The molecule has 3 rings (SSSR count). The second kappa shape index (κ2) is 9.64. The predicted molar refractivity (Wildman–Crippen MR) is 108 cm³/mol. The first kappa shape index (κ1) is 21.7. The van der Waals surface area contributed by atoms with Crippen LogP contribution in [0.15, 0.2) is 30.3 Å². The highest BCUT2D eigenvalue weighted by Gasteiger charge is 2.26. The molecule has 0 spiro atoms. The maximum absolute atomic E-state index is 14.9. The van der Waals surface area contributed by atoms with Crippen molar-refractivity contribution >= 4 is 0 Å². The van der Waals surface area contributed by atoms with Crippen LogP contribution in [0.1, 0.15) is 75.8 Å². The lowest BCUT2D eigenvalue weighted by Crippen LogP contribution is -2.14. The van der Waals surface area contributed by atoms with Gasteiger partial charge >= 0.3 is 0 Å². The molecule has 0 amide bonds. The van der Waals surface area contributed by atoms with Gasteiger partial charge < -0.3 is 4.74 Å². The lowest BCUT2D eigenvalue weighted by atomic mass is 9.77. The van der Waals surface area contributed by atoms with E-state index in [9.17, 15) is 17.6 Å². The zero-order valence-electron chi connectivity index (χ0n) is 17.0. The van der Waals surface area contributed by atoms with E-state index in [1.165, 1.54) is 31.0 Å². The van der Waals surface area contributed by atoms with E-state index >= 15 is 0 Å². The van der Waals surface area contributed by atoms with E-state index in [0.717, 1.165) is 31.6 Å². The van der Waals surface area contributed by atoms with Gasteiger partial charge in [0.2, 0.25) is 0 Å². The Hall–Kier alpha value is -2.04. The van der Waals surface area contributed by atoms with Crippen LogP contribution in [0.5, 0.6) is 5.75 Å². The fraction of sp³-hybridized carbons (Fsp3) is 0.500. The Balaban J connectivity index is 1.88. The highest BCUT2D eigenvalue weighted by molar-refractivity contribution is 5.69. The Morgan fingerprint density at radius 2 is 1.72 bits per heavy atom. The maximum atomic E-state index is 14.9. The number of ether oxygens (including phenoxy) is 1. The van der Waals surface area contributed by atoms with Crippen LogP contribution < -0.4 is 4.74 Å². The largest absolute Gasteiger partial charge is 0.491 e. The number of hydrogen-bond donors (Lipinski definition) is 0. The third-order valence-electron chi connectivity index (χ3n) is 5.96. The molecule has 2 aromatic rings. The van der Waals surface area contributed by atoms with Crippen molar-refractivity contribution in [3.05, 3.63) is 53.1 Å². The van der Waals surface area contributed by atoms with Gasteiger partial charge in [-0.2, -0.15) is 0 Å². The summed E-state index contributed by atoms with van der Waals surface area (Å²) in [6.07, 6.45) is 3.44. The molecule has 5 heteroatoms. The molecule has 1 aliphatic carbocycles. The second-order valence-corrected chi connectivity index (χ2v) is 7.82. The summed E-state index contributed by atoms with van der Waals surface area (Å²) < 4.78 is 61.7. The third-order valence-corrected chi connectivity index (χ3v) is 5.96. The Kier molecular flexibility index (Phi) is 7.20. The topological polar surface area (TPSA) is 9.23 Å². The van der Waals surface area contributed by atoms with E-state index in [2.05, 4.69) is 6.92 Å². The van der Waals surface area contributed by atoms with Crippen LogP contribution in [-0.4, -0.2) is 6.61 Å². The molecule has 0 unspecified atom stereocenters. The zero-order valence-corrected chi connectivity index (χ0v) is 17.0. The van der Waals surface area contributed by atoms with Crippen LogP contribution in [0.2, 0.25) is 0 Å². The van der Waals surface area contributed by atoms with Crippen LogP contribution in [0.25, 0.3) is 11.1 Å². The molecule has 0 atom stereocenters. The summed E-state index contributed by atoms with van der Waals surface area (Å²) in [7, 11) is 0. The summed E-state index contributed by atoms with van der Waals surface area (Å²) in [5.74, 6) is -0.829. The van der Waals surface area contributed by atoms with Crippen molar-refractivity contribution in [3.8, 4) is 16.9 Å². The first-order valence-electron chi connectivity index (χ1n) is 10.5. The van der Waals surface area contributed by atoms with Gasteiger partial charge in [-0.3, -0.25) is 0 Å². The zero-order chi connectivity index (χ0) is 21.0. The first-order valence-corrected chi connectivity index (χ1v) is 10.5. The summed E-state index contributed by atoms with van der Waals surface area (Å²) in [6, 6.07) is 7.26. The number of alkyl halides is 2. The summed E-state index contributed by atoms with van der Waals surface area (Å²) >= 11 is 0. The lowest BCUT2D eigenvalue weighted by molar-refractivity contribution is 0.145. The highest BCUT2D eigenvalue weighted by Crippen LogP contribution is 2.41. The van der Waals surface area contributed by atoms with Crippen LogP contribution in [0.4, 0.5) is 17.6 Å². The normalized spacial score (nSPS) is 19.6. The van der Waals surface area contributed by atoms with Gasteiger partial charge in [-0.15, -0.1) is 0 Å². The average molecular weight is 408 g/mol. The first-order chi connectivity index (χ1) is 14.0. The molecule has 0 saturated heterocycles. The standard InChI is InChI=1S/C24H28F4O/c1-3-5-15-6-8-16(9-7-15)18-11-10-17(14-20(18)25)19-12-13-21(29-4-2)23(26)22(19)24(27)28/h10-16,24H,3-9H2,1-2H3. The predicted octanol–water partition coefficient (Wildman–Crippen LogP) is 8.04. The molecule has 0 N–H and O–H groups in total. The van der Waals surface area contributed by atoms with E-state index < -0.39 is 23.6 Å². The van der Waals surface area contributed by atoms with Crippen LogP contribution >= 0.6 is 0 Å². The Bertz CT molecular complexity index is 826. The smallest absolute Gasteiger partial charge is 0.267 e. The quantitative estimate of drug-likeness (QED) is 0.421. The summed E-state index contributed by atoms with van der Waals surface area (Å²) in [6.45, 7) is 4.00. The molecular formula is C24H28F4O. The fourth-order valence-corrected chi connectivity index (χ4v) is 4.50. The molecule has 0 aliphatic heterocycles. The number of rotatable bonds is 7. The minimum absolute atomic E-state index is 0.00180. The molecule has 1 nitrogen and oxygen atoms in total. The molecule has 0 heterocycles.